The van der Waals surface area contributed by atoms with Crippen LogP contribution in [0.5, 0.6) is 5.75 Å². The van der Waals surface area contributed by atoms with Crippen molar-refractivity contribution in [3.05, 3.63) is 77.0 Å². The van der Waals surface area contributed by atoms with Crippen molar-refractivity contribution in [2.24, 2.45) is 5.92 Å². The third-order valence-electron chi connectivity index (χ3n) is 9.31. The molecule has 0 spiro atoms. The van der Waals surface area contributed by atoms with Gasteiger partial charge in [-0.15, -0.1) is 0 Å². The number of pyridine rings is 1. The van der Waals surface area contributed by atoms with Gasteiger partial charge >= 0.3 is 12.1 Å². The molecule has 2 aliphatic heterocycles. The maximum Gasteiger partial charge on any atom is 0.411 e. The molecule has 8 nitrogen and oxygen atoms in total. The average molecular weight is 606 g/mol. The molecule has 0 bridgehead atoms. The molecule has 0 radical (unpaired) electrons. The van der Waals surface area contributed by atoms with Crippen molar-refractivity contribution in [3.8, 4) is 16.9 Å². The summed E-state index contributed by atoms with van der Waals surface area (Å²) in [6.45, 7) is 3.77. The van der Waals surface area contributed by atoms with Gasteiger partial charge in [-0.05, 0) is 86.9 Å². The maximum atomic E-state index is 14.0. The zero-order valence-corrected chi connectivity index (χ0v) is 25.2. The minimum absolute atomic E-state index is 0.0614. The van der Waals surface area contributed by atoms with Crippen LogP contribution in [-0.4, -0.2) is 55.3 Å². The average Bonchev–Trinajstić information content (AvgIpc) is 3.28. The number of ether oxygens (including phenoxy) is 3. The number of esters is 1. The van der Waals surface area contributed by atoms with Gasteiger partial charge in [0.2, 0.25) is 0 Å². The Labute approximate surface area is 255 Å². The summed E-state index contributed by atoms with van der Waals surface area (Å²) in [6.07, 6.45) is 3.01. The molecule has 0 N–H and O–H groups in total. The normalized spacial score (nSPS) is 23.2. The van der Waals surface area contributed by atoms with Crippen LogP contribution in [0.2, 0.25) is 0 Å². The van der Waals surface area contributed by atoms with Crippen molar-refractivity contribution >= 4 is 17.9 Å². The van der Waals surface area contributed by atoms with Crippen molar-refractivity contribution < 1.29 is 32.6 Å². The zero-order chi connectivity index (χ0) is 31.0. The first kappa shape index (κ1) is 29.8. The number of rotatable bonds is 8. The van der Waals surface area contributed by atoms with E-state index in [9.17, 15) is 18.4 Å². The standard InChI is InChI=1S/C34H37F2N3O5/c1-20-32(24-15-25(35)18-26(36)16-24)44-34(41)39(20)19-29-27(10-12-31(37-29)38-13-4-14-38)28-17-23(9-11-30(28)42-2)21-5-7-22(8-6-21)33(40)43-3/h9-12,15-18,20-22,32H,4-8,13-14,19H2,1-3H3/t20-,21?,22?,32-/m0/s1. The second-order valence-electron chi connectivity index (χ2n) is 11.9. The number of anilines is 1. The maximum absolute atomic E-state index is 14.0. The molecule has 3 fully saturated rings. The molecular formula is C34H37F2N3O5. The highest BCUT2D eigenvalue weighted by Crippen LogP contribution is 2.42. The van der Waals surface area contributed by atoms with E-state index in [1.807, 2.05) is 25.1 Å². The van der Waals surface area contributed by atoms with Gasteiger partial charge in [-0.1, -0.05) is 6.07 Å². The second-order valence-corrected chi connectivity index (χ2v) is 11.9. The van der Waals surface area contributed by atoms with Gasteiger partial charge in [-0.2, -0.15) is 0 Å². The molecule has 3 aliphatic rings. The number of methoxy groups -OCH3 is 2. The molecule has 10 heteroatoms. The predicted octanol–water partition coefficient (Wildman–Crippen LogP) is 6.77. The molecule has 232 valence electrons. The van der Waals surface area contributed by atoms with Gasteiger partial charge in [0.15, 0.2) is 0 Å². The van der Waals surface area contributed by atoms with Gasteiger partial charge in [0.1, 0.15) is 29.3 Å². The Balaban J connectivity index is 1.33. The Hall–Kier alpha value is -4.21. The number of carbonyl (C=O) groups excluding carboxylic acids is 2. The van der Waals surface area contributed by atoms with Crippen molar-refractivity contribution in [1.82, 2.24) is 9.88 Å². The SMILES string of the molecule is COC(=O)C1CCC(c2ccc(OC)c(-c3ccc(N4CCC4)nc3CN3C(=O)O[C@H](c4cc(F)cc(F)c4)[C@@H]3C)c2)CC1. The summed E-state index contributed by atoms with van der Waals surface area (Å²) in [4.78, 5) is 34.0. The van der Waals surface area contributed by atoms with Gasteiger partial charge in [0, 0.05) is 35.8 Å². The molecule has 0 unspecified atom stereocenters. The van der Waals surface area contributed by atoms with E-state index in [0.717, 1.165) is 73.8 Å². The lowest BCUT2D eigenvalue weighted by Crippen LogP contribution is -2.38. The highest BCUT2D eigenvalue weighted by atomic mass is 19.1. The van der Waals surface area contributed by atoms with E-state index in [4.69, 9.17) is 19.2 Å². The van der Waals surface area contributed by atoms with Crippen LogP contribution in [0.3, 0.4) is 0 Å². The van der Waals surface area contributed by atoms with E-state index in [0.29, 0.717) is 17.4 Å². The smallest absolute Gasteiger partial charge is 0.411 e. The Morgan fingerprint density at radius 1 is 0.955 bits per heavy atom. The van der Waals surface area contributed by atoms with Crippen LogP contribution < -0.4 is 9.64 Å². The third kappa shape index (κ3) is 5.81. The lowest BCUT2D eigenvalue weighted by molar-refractivity contribution is -0.146. The molecule has 6 rings (SSSR count). The van der Waals surface area contributed by atoms with E-state index in [1.54, 1.807) is 12.0 Å². The fourth-order valence-electron chi connectivity index (χ4n) is 6.66. The van der Waals surface area contributed by atoms with Crippen LogP contribution in [0, 0.1) is 17.6 Å². The molecule has 2 aromatic carbocycles. The molecule has 3 aromatic rings. The fourth-order valence-corrected chi connectivity index (χ4v) is 6.66. The number of amides is 1. The number of hydrogen-bond donors (Lipinski definition) is 0. The largest absolute Gasteiger partial charge is 0.496 e. The van der Waals surface area contributed by atoms with Gasteiger partial charge in [0.05, 0.1) is 38.4 Å². The molecule has 1 aromatic heterocycles. The number of halogens is 2. The summed E-state index contributed by atoms with van der Waals surface area (Å²) in [5, 5.41) is 0. The summed E-state index contributed by atoms with van der Waals surface area (Å²) < 4.78 is 44.4. The van der Waals surface area contributed by atoms with Crippen molar-refractivity contribution in [1.29, 1.82) is 0 Å². The monoisotopic (exact) mass is 605 g/mol. The van der Waals surface area contributed by atoms with Crippen LogP contribution in [-0.2, 0) is 20.8 Å². The highest BCUT2D eigenvalue weighted by molar-refractivity contribution is 5.76. The highest BCUT2D eigenvalue weighted by Gasteiger charge is 2.41. The molecule has 3 heterocycles. The zero-order valence-electron chi connectivity index (χ0n) is 25.2. The summed E-state index contributed by atoms with van der Waals surface area (Å²) in [7, 11) is 3.07. The van der Waals surface area contributed by atoms with Gasteiger partial charge < -0.3 is 19.1 Å². The number of benzene rings is 2. The Kier molecular flexibility index (Phi) is 8.42. The number of carbonyl (C=O) groups is 2. The van der Waals surface area contributed by atoms with Crippen LogP contribution in [0.1, 0.15) is 67.9 Å². The molecular weight excluding hydrogens is 568 g/mol. The van der Waals surface area contributed by atoms with E-state index in [1.165, 1.54) is 19.2 Å². The first-order chi connectivity index (χ1) is 21.2. The van der Waals surface area contributed by atoms with E-state index >= 15 is 0 Å². The lowest BCUT2D eigenvalue weighted by atomic mass is 9.78. The molecule has 2 atom stereocenters. The Morgan fingerprint density at radius 3 is 2.32 bits per heavy atom. The van der Waals surface area contributed by atoms with Crippen molar-refractivity contribution in [2.45, 2.75) is 63.6 Å². The number of aromatic nitrogens is 1. The topological polar surface area (TPSA) is 81.2 Å². The Bertz CT molecular complexity index is 1530. The van der Waals surface area contributed by atoms with E-state index < -0.39 is 29.9 Å². The van der Waals surface area contributed by atoms with Gasteiger partial charge in [0.25, 0.3) is 0 Å². The lowest BCUT2D eigenvalue weighted by Gasteiger charge is -2.33. The third-order valence-corrected chi connectivity index (χ3v) is 9.31. The quantitative estimate of drug-likeness (QED) is 0.262. The predicted molar refractivity (Wildman–Crippen MR) is 160 cm³/mol. The van der Waals surface area contributed by atoms with Crippen LogP contribution >= 0.6 is 0 Å². The summed E-state index contributed by atoms with van der Waals surface area (Å²) in [6, 6.07) is 12.9. The Morgan fingerprint density at radius 2 is 1.68 bits per heavy atom. The summed E-state index contributed by atoms with van der Waals surface area (Å²) >= 11 is 0. The number of nitrogens with zero attached hydrogens (tertiary/aromatic N) is 3. The van der Waals surface area contributed by atoms with Crippen LogP contribution in [0.4, 0.5) is 19.4 Å². The number of hydrogen-bond acceptors (Lipinski definition) is 7. The van der Waals surface area contributed by atoms with Crippen LogP contribution in [0.15, 0.2) is 48.5 Å². The first-order valence-corrected chi connectivity index (χ1v) is 15.2. The minimum Gasteiger partial charge on any atom is -0.496 e. The first-order valence-electron chi connectivity index (χ1n) is 15.2. The van der Waals surface area contributed by atoms with Crippen molar-refractivity contribution in [3.63, 3.8) is 0 Å². The molecule has 1 amide bonds. The van der Waals surface area contributed by atoms with Crippen LogP contribution in [0.25, 0.3) is 11.1 Å². The van der Waals surface area contributed by atoms with Crippen molar-refractivity contribution in [2.75, 3.05) is 32.2 Å². The molecule has 1 aliphatic carbocycles. The van der Waals surface area contributed by atoms with E-state index in [-0.39, 0.29) is 24.0 Å². The molecule has 44 heavy (non-hydrogen) atoms. The van der Waals surface area contributed by atoms with Gasteiger partial charge in [-0.25, -0.2) is 18.6 Å². The van der Waals surface area contributed by atoms with Gasteiger partial charge in [-0.3, -0.25) is 9.69 Å². The van der Waals surface area contributed by atoms with E-state index in [2.05, 4.69) is 17.0 Å². The number of cyclic esters (lactones) is 1. The second kappa shape index (κ2) is 12.4. The summed E-state index contributed by atoms with van der Waals surface area (Å²) in [5.74, 6) is 0.151. The molecule has 2 saturated heterocycles. The molecule has 1 saturated carbocycles. The summed E-state index contributed by atoms with van der Waals surface area (Å²) in [5.41, 5.74) is 3.79. The minimum atomic E-state index is -0.826. The fraction of sp³-hybridized carbons (Fsp3) is 0.441.